The first-order chi connectivity index (χ1) is 9.47. The second-order valence-electron chi connectivity index (χ2n) is 5.01. The predicted octanol–water partition coefficient (Wildman–Crippen LogP) is 0.939. The molecule has 1 aromatic carbocycles. The molecule has 4 nitrogen and oxygen atoms in total. The number of nitrogens with zero attached hydrogens (tertiary/aromatic N) is 2. The van der Waals surface area contributed by atoms with Crippen LogP contribution in [-0.4, -0.2) is 56.5 Å². The summed E-state index contributed by atoms with van der Waals surface area (Å²) in [5, 5.41) is 0. The van der Waals surface area contributed by atoms with Crippen LogP contribution in [0.5, 0.6) is 0 Å². The van der Waals surface area contributed by atoms with Crippen molar-refractivity contribution in [2.75, 3.05) is 40.8 Å². The number of hydrogen-bond acceptors (Lipinski definition) is 3. The van der Waals surface area contributed by atoms with Crippen molar-refractivity contribution in [2.24, 2.45) is 5.73 Å². The lowest BCUT2D eigenvalue weighted by atomic mass is 10.0. The summed E-state index contributed by atoms with van der Waals surface area (Å²) in [6, 6.07) is 5.62. The average Bonchev–Trinajstić information content (AvgIpc) is 2.43. The highest BCUT2D eigenvalue weighted by Gasteiger charge is 2.15. The molecule has 1 amide bonds. The molecule has 0 aliphatic carbocycles. The second-order valence-corrected chi connectivity index (χ2v) is 5.01. The molecule has 0 saturated carbocycles. The molecule has 2 N–H and O–H groups in total. The third-order valence-electron chi connectivity index (χ3n) is 3.12. The number of nitrogens with two attached hydrogens (primary N) is 1. The Balaban J connectivity index is 2.93. The number of hydrogen-bond donors (Lipinski definition) is 1. The summed E-state index contributed by atoms with van der Waals surface area (Å²) < 4.78 is 0. The third-order valence-corrected chi connectivity index (χ3v) is 3.12. The van der Waals surface area contributed by atoms with Gasteiger partial charge < -0.3 is 15.5 Å². The van der Waals surface area contributed by atoms with Crippen molar-refractivity contribution in [3.63, 3.8) is 0 Å². The number of rotatable bonds is 4. The first kappa shape index (κ1) is 16.2. The minimum Gasteiger partial charge on any atom is -0.340 e. The smallest absolute Gasteiger partial charge is 0.253 e. The van der Waals surface area contributed by atoms with Crippen molar-refractivity contribution in [3.05, 3.63) is 34.9 Å². The Hall–Kier alpha value is -1.83. The molecule has 0 aliphatic heterocycles. The zero-order chi connectivity index (χ0) is 15.1. The summed E-state index contributed by atoms with van der Waals surface area (Å²) in [7, 11) is 5.81. The Morgan fingerprint density at radius 1 is 1.25 bits per heavy atom. The monoisotopic (exact) mass is 273 g/mol. The lowest BCUT2D eigenvalue weighted by Crippen LogP contribution is -2.33. The van der Waals surface area contributed by atoms with Crippen LogP contribution in [0.4, 0.5) is 0 Å². The molecule has 1 rings (SSSR count). The van der Waals surface area contributed by atoms with E-state index >= 15 is 0 Å². The minimum absolute atomic E-state index is 0.0285. The van der Waals surface area contributed by atoms with E-state index in [4.69, 9.17) is 5.73 Å². The molecule has 0 heterocycles. The van der Waals surface area contributed by atoms with E-state index in [1.807, 2.05) is 46.3 Å². The van der Waals surface area contributed by atoms with Gasteiger partial charge in [0.1, 0.15) is 0 Å². The Bertz CT molecular complexity index is 526. The van der Waals surface area contributed by atoms with E-state index in [1.165, 1.54) is 0 Å². The maximum absolute atomic E-state index is 12.4. The Kier molecular flexibility index (Phi) is 6.23. The molecule has 0 atom stereocenters. The standard InChI is InChI=1S/C16H23N3O/c1-13-14(8-6-10-17)7-5-9-15(13)16(20)19(4)12-11-18(2)3/h5,7,9H,10-12,17H2,1-4H3. The van der Waals surface area contributed by atoms with Gasteiger partial charge >= 0.3 is 0 Å². The number of benzene rings is 1. The van der Waals surface area contributed by atoms with E-state index < -0.39 is 0 Å². The van der Waals surface area contributed by atoms with Crippen molar-refractivity contribution < 1.29 is 4.79 Å². The quantitative estimate of drug-likeness (QED) is 0.831. The van der Waals surface area contributed by atoms with E-state index in [0.717, 1.165) is 17.7 Å². The van der Waals surface area contributed by atoms with Crippen LogP contribution in [0, 0.1) is 18.8 Å². The number of likely N-dealkylation sites (N-methyl/N-ethyl adjacent to an activating group) is 2. The van der Waals surface area contributed by atoms with Crippen LogP contribution < -0.4 is 5.73 Å². The van der Waals surface area contributed by atoms with Crippen molar-refractivity contribution in [1.29, 1.82) is 0 Å². The Morgan fingerprint density at radius 3 is 2.55 bits per heavy atom. The zero-order valence-electron chi connectivity index (χ0n) is 12.7. The number of carbonyl (C=O) groups excluding carboxylic acids is 1. The van der Waals surface area contributed by atoms with Gasteiger partial charge in [-0.25, -0.2) is 0 Å². The normalized spacial score (nSPS) is 10.1. The van der Waals surface area contributed by atoms with Crippen LogP contribution in [0.15, 0.2) is 18.2 Å². The van der Waals surface area contributed by atoms with Gasteiger partial charge in [0.2, 0.25) is 0 Å². The molecule has 0 bridgehead atoms. The first-order valence-corrected chi connectivity index (χ1v) is 6.66. The molecule has 0 spiro atoms. The third kappa shape index (κ3) is 4.37. The average molecular weight is 273 g/mol. The van der Waals surface area contributed by atoms with Crippen molar-refractivity contribution in [1.82, 2.24) is 9.80 Å². The lowest BCUT2D eigenvalue weighted by molar-refractivity contribution is 0.0785. The molecule has 1 aromatic rings. The number of carbonyl (C=O) groups is 1. The SMILES string of the molecule is Cc1c(C#CCN)cccc1C(=O)N(C)CCN(C)C. The Labute approximate surface area is 121 Å². The molecule has 108 valence electrons. The molecule has 0 unspecified atom stereocenters. The van der Waals surface area contributed by atoms with Crippen molar-refractivity contribution >= 4 is 5.91 Å². The fourth-order valence-corrected chi connectivity index (χ4v) is 1.81. The topological polar surface area (TPSA) is 49.6 Å². The summed E-state index contributed by atoms with van der Waals surface area (Å²) >= 11 is 0. The highest BCUT2D eigenvalue weighted by molar-refractivity contribution is 5.96. The van der Waals surface area contributed by atoms with Gasteiger partial charge in [0.05, 0.1) is 6.54 Å². The van der Waals surface area contributed by atoms with Gasteiger partial charge in [-0.05, 0) is 38.7 Å². The van der Waals surface area contributed by atoms with Crippen LogP contribution >= 0.6 is 0 Å². The molecule has 0 aliphatic rings. The van der Waals surface area contributed by atoms with Crippen LogP contribution in [-0.2, 0) is 0 Å². The fraction of sp³-hybridized carbons (Fsp3) is 0.438. The Morgan fingerprint density at radius 2 is 1.95 bits per heavy atom. The van der Waals surface area contributed by atoms with Gasteiger partial charge in [0.15, 0.2) is 0 Å². The van der Waals surface area contributed by atoms with Gasteiger partial charge in [-0.15, -0.1) is 0 Å². The molecule has 0 saturated heterocycles. The van der Waals surface area contributed by atoms with E-state index in [0.29, 0.717) is 18.7 Å². The van der Waals surface area contributed by atoms with Gasteiger partial charge in [-0.1, -0.05) is 17.9 Å². The minimum atomic E-state index is 0.0285. The van der Waals surface area contributed by atoms with Gasteiger partial charge in [-0.3, -0.25) is 4.79 Å². The maximum Gasteiger partial charge on any atom is 0.253 e. The van der Waals surface area contributed by atoms with Crippen molar-refractivity contribution in [2.45, 2.75) is 6.92 Å². The van der Waals surface area contributed by atoms with Gasteiger partial charge in [0, 0.05) is 31.3 Å². The molecular formula is C16H23N3O. The van der Waals surface area contributed by atoms with E-state index in [9.17, 15) is 4.79 Å². The summed E-state index contributed by atoms with van der Waals surface area (Å²) in [5.74, 6) is 5.86. The summed E-state index contributed by atoms with van der Waals surface area (Å²) in [4.78, 5) is 16.2. The predicted molar refractivity (Wildman–Crippen MR) is 82.6 cm³/mol. The van der Waals surface area contributed by atoms with Gasteiger partial charge in [0.25, 0.3) is 5.91 Å². The largest absolute Gasteiger partial charge is 0.340 e. The highest BCUT2D eigenvalue weighted by atomic mass is 16.2. The summed E-state index contributed by atoms with van der Waals surface area (Å²) in [5.41, 5.74) is 7.87. The van der Waals surface area contributed by atoms with Crippen LogP contribution in [0.1, 0.15) is 21.5 Å². The fourth-order valence-electron chi connectivity index (χ4n) is 1.81. The van der Waals surface area contributed by atoms with E-state index in [-0.39, 0.29) is 5.91 Å². The van der Waals surface area contributed by atoms with Crippen LogP contribution in [0.3, 0.4) is 0 Å². The van der Waals surface area contributed by atoms with Crippen LogP contribution in [0.25, 0.3) is 0 Å². The maximum atomic E-state index is 12.4. The van der Waals surface area contributed by atoms with E-state index in [2.05, 4.69) is 16.7 Å². The highest BCUT2D eigenvalue weighted by Crippen LogP contribution is 2.14. The molecule has 0 fully saturated rings. The molecule has 20 heavy (non-hydrogen) atoms. The van der Waals surface area contributed by atoms with E-state index in [1.54, 1.807) is 4.90 Å². The molecule has 0 aromatic heterocycles. The first-order valence-electron chi connectivity index (χ1n) is 6.66. The lowest BCUT2D eigenvalue weighted by Gasteiger charge is -2.20. The van der Waals surface area contributed by atoms with Gasteiger partial charge in [-0.2, -0.15) is 0 Å². The summed E-state index contributed by atoms with van der Waals surface area (Å²) in [6.07, 6.45) is 0. The molecular weight excluding hydrogens is 250 g/mol. The van der Waals surface area contributed by atoms with Crippen molar-refractivity contribution in [3.8, 4) is 11.8 Å². The number of amides is 1. The zero-order valence-corrected chi connectivity index (χ0v) is 12.7. The van der Waals surface area contributed by atoms with Crippen LogP contribution in [0.2, 0.25) is 0 Å². The molecule has 0 radical (unpaired) electrons. The molecule has 4 heteroatoms. The summed E-state index contributed by atoms with van der Waals surface area (Å²) in [6.45, 7) is 3.78. The second kappa shape index (κ2) is 7.68.